The standard InChI is InChI=1S/C15H24N4O2S/c1-16-13-6-9-19(12-13)22(20,21)15-4-2-14(3-5-15)18-10-7-17-8-11-18/h2-5,13,16-17H,6-12H2,1H3. The molecule has 0 spiro atoms. The third kappa shape index (κ3) is 3.12. The van der Waals surface area contributed by atoms with E-state index in [1.54, 1.807) is 16.4 Å². The van der Waals surface area contributed by atoms with Gasteiger partial charge in [0.15, 0.2) is 0 Å². The van der Waals surface area contributed by atoms with Crippen molar-refractivity contribution in [2.75, 3.05) is 51.2 Å². The summed E-state index contributed by atoms with van der Waals surface area (Å²) in [5.41, 5.74) is 1.09. The first-order valence-corrected chi connectivity index (χ1v) is 9.28. The zero-order valence-electron chi connectivity index (χ0n) is 13.0. The van der Waals surface area contributed by atoms with Crippen LogP contribution in [0.4, 0.5) is 5.69 Å². The van der Waals surface area contributed by atoms with Crippen LogP contribution in [-0.2, 0) is 10.0 Å². The lowest BCUT2D eigenvalue weighted by molar-refractivity contribution is 0.464. The summed E-state index contributed by atoms with van der Waals surface area (Å²) in [6.45, 7) is 5.01. The third-order valence-corrected chi connectivity index (χ3v) is 6.40. The van der Waals surface area contributed by atoms with Crippen molar-refractivity contribution >= 4 is 15.7 Å². The first-order valence-electron chi connectivity index (χ1n) is 7.84. The molecule has 0 saturated carbocycles. The Labute approximate surface area is 132 Å². The highest BCUT2D eigenvalue weighted by atomic mass is 32.2. The molecule has 0 aromatic heterocycles. The van der Waals surface area contributed by atoms with E-state index >= 15 is 0 Å². The van der Waals surface area contributed by atoms with Crippen molar-refractivity contribution in [3.8, 4) is 0 Å². The molecule has 2 heterocycles. The van der Waals surface area contributed by atoms with Gasteiger partial charge in [0, 0.05) is 51.0 Å². The zero-order valence-corrected chi connectivity index (χ0v) is 13.8. The van der Waals surface area contributed by atoms with Gasteiger partial charge in [-0.1, -0.05) is 0 Å². The maximum Gasteiger partial charge on any atom is 0.243 e. The fraction of sp³-hybridized carbons (Fsp3) is 0.600. The topological polar surface area (TPSA) is 64.7 Å². The summed E-state index contributed by atoms with van der Waals surface area (Å²) in [5, 5.41) is 6.47. The van der Waals surface area contributed by atoms with E-state index in [-0.39, 0.29) is 6.04 Å². The van der Waals surface area contributed by atoms with Crippen molar-refractivity contribution in [2.24, 2.45) is 0 Å². The monoisotopic (exact) mass is 324 g/mol. The molecule has 0 radical (unpaired) electrons. The predicted octanol–water partition coefficient (Wildman–Crippen LogP) is 0.0786. The Hall–Kier alpha value is -1.15. The summed E-state index contributed by atoms with van der Waals surface area (Å²) < 4.78 is 26.9. The minimum Gasteiger partial charge on any atom is -0.369 e. The Bertz CT molecular complexity index is 596. The lowest BCUT2D eigenvalue weighted by Gasteiger charge is -2.29. The summed E-state index contributed by atoms with van der Waals surface area (Å²) >= 11 is 0. The molecule has 7 heteroatoms. The Morgan fingerprint density at radius 1 is 1.14 bits per heavy atom. The molecule has 2 aliphatic rings. The second-order valence-electron chi connectivity index (χ2n) is 5.87. The van der Waals surface area contributed by atoms with E-state index in [1.165, 1.54) is 0 Å². The Morgan fingerprint density at radius 3 is 2.41 bits per heavy atom. The predicted molar refractivity (Wildman–Crippen MR) is 87.7 cm³/mol. The van der Waals surface area contributed by atoms with Crippen LogP contribution in [0.15, 0.2) is 29.2 Å². The van der Waals surface area contributed by atoms with Crippen molar-refractivity contribution in [3.63, 3.8) is 0 Å². The van der Waals surface area contributed by atoms with Gasteiger partial charge in [-0.2, -0.15) is 4.31 Å². The molecular formula is C15H24N4O2S. The number of sulfonamides is 1. The van der Waals surface area contributed by atoms with Gasteiger partial charge in [0.2, 0.25) is 10.0 Å². The van der Waals surface area contributed by atoms with Gasteiger partial charge in [-0.15, -0.1) is 0 Å². The molecule has 122 valence electrons. The highest BCUT2D eigenvalue weighted by Crippen LogP contribution is 2.23. The first kappa shape index (κ1) is 15.7. The fourth-order valence-corrected chi connectivity index (χ4v) is 4.58. The van der Waals surface area contributed by atoms with E-state index in [0.29, 0.717) is 18.0 Å². The van der Waals surface area contributed by atoms with Crippen molar-refractivity contribution < 1.29 is 8.42 Å². The van der Waals surface area contributed by atoms with E-state index in [1.807, 2.05) is 19.2 Å². The number of nitrogens with one attached hydrogen (secondary N) is 2. The van der Waals surface area contributed by atoms with Crippen LogP contribution in [0.5, 0.6) is 0 Å². The molecule has 1 aromatic carbocycles. The SMILES string of the molecule is CNC1CCN(S(=O)(=O)c2ccc(N3CCNCC3)cc2)C1. The van der Waals surface area contributed by atoms with Gasteiger partial charge in [-0.05, 0) is 37.7 Å². The van der Waals surface area contributed by atoms with E-state index in [2.05, 4.69) is 15.5 Å². The average Bonchev–Trinajstić information content (AvgIpc) is 3.06. The van der Waals surface area contributed by atoms with Gasteiger partial charge in [0.05, 0.1) is 4.90 Å². The van der Waals surface area contributed by atoms with Gasteiger partial charge >= 0.3 is 0 Å². The molecule has 2 fully saturated rings. The summed E-state index contributed by atoms with van der Waals surface area (Å²) in [6, 6.07) is 7.57. The Balaban J connectivity index is 1.74. The number of anilines is 1. The van der Waals surface area contributed by atoms with Crippen molar-refractivity contribution in [3.05, 3.63) is 24.3 Å². The number of rotatable bonds is 4. The first-order chi connectivity index (χ1) is 10.6. The summed E-state index contributed by atoms with van der Waals surface area (Å²) in [6.07, 6.45) is 0.870. The number of likely N-dealkylation sites (N-methyl/N-ethyl adjacent to an activating group) is 1. The highest BCUT2D eigenvalue weighted by Gasteiger charge is 2.31. The van der Waals surface area contributed by atoms with Crippen LogP contribution >= 0.6 is 0 Å². The van der Waals surface area contributed by atoms with E-state index in [0.717, 1.165) is 38.3 Å². The molecule has 3 rings (SSSR count). The Kier molecular flexibility index (Phi) is 4.67. The summed E-state index contributed by atoms with van der Waals surface area (Å²) in [5.74, 6) is 0. The molecule has 22 heavy (non-hydrogen) atoms. The molecular weight excluding hydrogens is 300 g/mol. The molecule has 2 N–H and O–H groups in total. The van der Waals surface area contributed by atoms with Crippen LogP contribution in [0.1, 0.15) is 6.42 Å². The second-order valence-corrected chi connectivity index (χ2v) is 7.81. The van der Waals surface area contributed by atoms with Crippen LogP contribution in [0, 0.1) is 0 Å². The molecule has 2 aliphatic heterocycles. The lowest BCUT2D eigenvalue weighted by Crippen LogP contribution is -2.43. The molecule has 0 bridgehead atoms. The van der Waals surface area contributed by atoms with E-state index in [4.69, 9.17) is 0 Å². The summed E-state index contributed by atoms with van der Waals surface area (Å²) in [7, 11) is -1.49. The van der Waals surface area contributed by atoms with Crippen LogP contribution < -0.4 is 15.5 Å². The second kappa shape index (κ2) is 6.54. The van der Waals surface area contributed by atoms with Gasteiger partial charge < -0.3 is 15.5 Å². The molecule has 1 aromatic rings. The van der Waals surface area contributed by atoms with Gasteiger partial charge in [-0.25, -0.2) is 8.42 Å². The molecule has 2 saturated heterocycles. The maximum absolute atomic E-state index is 12.7. The zero-order chi connectivity index (χ0) is 15.6. The van der Waals surface area contributed by atoms with Crippen molar-refractivity contribution in [1.82, 2.24) is 14.9 Å². The molecule has 1 atom stereocenters. The molecule has 1 unspecified atom stereocenters. The van der Waals surface area contributed by atoms with Crippen LogP contribution in [0.2, 0.25) is 0 Å². The van der Waals surface area contributed by atoms with Gasteiger partial charge in [0.25, 0.3) is 0 Å². The molecule has 6 nitrogen and oxygen atoms in total. The van der Waals surface area contributed by atoms with Crippen LogP contribution in [0.25, 0.3) is 0 Å². The largest absolute Gasteiger partial charge is 0.369 e. The van der Waals surface area contributed by atoms with Gasteiger partial charge in [-0.3, -0.25) is 0 Å². The fourth-order valence-electron chi connectivity index (χ4n) is 3.08. The van der Waals surface area contributed by atoms with E-state index < -0.39 is 10.0 Å². The highest BCUT2D eigenvalue weighted by molar-refractivity contribution is 7.89. The number of benzene rings is 1. The Morgan fingerprint density at radius 2 is 1.82 bits per heavy atom. The van der Waals surface area contributed by atoms with Crippen molar-refractivity contribution in [2.45, 2.75) is 17.4 Å². The minimum atomic E-state index is -3.37. The van der Waals surface area contributed by atoms with Crippen LogP contribution in [0.3, 0.4) is 0 Å². The lowest BCUT2D eigenvalue weighted by atomic mass is 10.2. The number of nitrogens with zero attached hydrogens (tertiary/aromatic N) is 2. The third-order valence-electron chi connectivity index (χ3n) is 4.52. The van der Waals surface area contributed by atoms with Crippen molar-refractivity contribution in [1.29, 1.82) is 0 Å². The summed E-state index contributed by atoms with van der Waals surface area (Å²) in [4.78, 5) is 2.67. The van der Waals surface area contributed by atoms with E-state index in [9.17, 15) is 8.42 Å². The molecule has 0 amide bonds. The quantitative estimate of drug-likeness (QED) is 0.821. The van der Waals surface area contributed by atoms with Crippen LogP contribution in [-0.4, -0.2) is 65.1 Å². The number of hydrogen-bond donors (Lipinski definition) is 2. The number of piperazine rings is 1. The number of hydrogen-bond acceptors (Lipinski definition) is 5. The normalized spacial score (nSPS) is 23.9. The molecule has 0 aliphatic carbocycles. The smallest absolute Gasteiger partial charge is 0.243 e. The maximum atomic E-state index is 12.7. The van der Waals surface area contributed by atoms with Gasteiger partial charge in [0.1, 0.15) is 0 Å². The average molecular weight is 324 g/mol. The minimum absolute atomic E-state index is 0.259.